The summed E-state index contributed by atoms with van der Waals surface area (Å²) in [5.74, 6) is 1.47. The standard InChI is InChI=1S/C19H22O2/c20-19(11-4-9-18-17(19)10-12-21-18)13-15-7-3-6-14-5-1-2-8-16(14)15/h1-2,5,8,10,12,15,20H,3-4,6-7,9,11,13H2. The SMILES string of the molecule is OC1(CC2CCCc3ccccc32)CCCc2occc21. The number of hydrogen-bond donors (Lipinski definition) is 1. The topological polar surface area (TPSA) is 33.4 Å². The summed E-state index contributed by atoms with van der Waals surface area (Å²) in [5, 5.41) is 11.2. The van der Waals surface area contributed by atoms with E-state index in [2.05, 4.69) is 24.3 Å². The summed E-state index contributed by atoms with van der Waals surface area (Å²) in [6, 6.07) is 10.7. The second-order valence-corrected chi connectivity index (χ2v) is 6.63. The first kappa shape index (κ1) is 13.1. The van der Waals surface area contributed by atoms with Crippen LogP contribution in [0.4, 0.5) is 0 Å². The zero-order valence-electron chi connectivity index (χ0n) is 12.3. The lowest BCUT2D eigenvalue weighted by Crippen LogP contribution is -2.32. The Bertz CT molecular complexity index is 643. The molecule has 0 radical (unpaired) electrons. The van der Waals surface area contributed by atoms with Crippen LogP contribution in [-0.4, -0.2) is 5.11 Å². The van der Waals surface area contributed by atoms with Crippen LogP contribution in [0.1, 0.15) is 60.5 Å². The minimum absolute atomic E-state index is 0.473. The molecule has 1 aromatic heterocycles. The van der Waals surface area contributed by atoms with Crippen molar-refractivity contribution in [2.45, 2.75) is 56.5 Å². The smallest absolute Gasteiger partial charge is 0.109 e. The molecular formula is C19H22O2. The van der Waals surface area contributed by atoms with Gasteiger partial charge in [-0.15, -0.1) is 0 Å². The third-order valence-corrected chi connectivity index (χ3v) is 5.32. The van der Waals surface area contributed by atoms with Crippen LogP contribution in [0.25, 0.3) is 0 Å². The van der Waals surface area contributed by atoms with Crippen LogP contribution >= 0.6 is 0 Å². The van der Waals surface area contributed by atoms with E-state index in [0.29, 0.717) is 5.92 Å². The molecule has 0 spiro atoms. The van der Waals surface area contributed by atoms with E-state index in [4.69, 9.17) is 4.42 Å². The van der Waals surface area contributed by atoms with Gasteiger partial charge in [-0.25, -0.2) is 0 Å². The number of benzene rings is 1. The predicted octanol–water partition coefficient (Wildman–Crippen LogP) is 4.31. The Morgan fingerprint density at radius 2 is 2.05 bits per heavy atom. The molecule has 1 aromatic carbocycles. The molecule has 1 N–H and O–H groups in total. The summed E-state index contributed by atoms with van der Waals surface area (Å²) < 4.78 is 5.55. The molecule has 1 heterocycles. The van der Waals surface area contributed by atoms with E-state index in [1.165, 1.54) is 30.4 Å². The normalized spacial score (nSPS) is 28.0. The highest BCUT2D eigenvalue weighted by molar-refractivity contribution is 5.35. The first-order chi connectivity index (χ1) is 10.3. The number of hydrogen-bond acceptors (Lipinski definition) is 2. The van der Waals surface area contributed by atoms with Gasteiger partial charge in [0.15, 0.2) is 0 Å². The molecular weight excluding hydrogens is 260 g/mol. The van der Waals surface area contributed by atoms with Crippen LogP contribution in [-0.2, 0) is 18.4 Å². The third-order valence-electron chi connectivity index (χ3n) is 5.32. The molecule has 4 rings (SSSR count). The maximum atomic E-state index is 11.2. The highest BCUT2D eigenvalue weighted by Gasteiger charge is 2.39. The number of furan rings is 1. The second-order valence-electron chi connectivity index (χ2n) is 6.63. The van der Waals surface area contributed by atoms with Crippen molar-refractivity contribution in [2.75, 3.05) is 0 Å². The van der Waals surface area contributed by atoms with E-state index < -0.39 is 5.60 Å². The van der Waals surface area contributed by atoms with Gasteiger partial charge in [0.1, 0.15) is 5.76 Å². The van der Waals surface area contributed by atoms with Crippen molar-refractivity contribution in [3.8, 4) is 0 Å². The fourth-order valence-corrected chi connectivity index (χ4v) is 4.31. The summed E-state index contributed by atoms with van der Waals surface area (Å²) in [6.45, 7) is 0. The second kappa shape index (κ2) is 5.03. The molecule has 0 saturated carbocycles. The summed E-state index contributed by atoms with van der Waals surface area (Å²) >= 11 is 0. The molecule has 2 aliphatic carbocycles. The lowest BCUT2D eigenvalue weighted by molar-refractivity contribution is -0.000263. The van der Waals surface area contributed by atoms with Gasteiger partial charge < -0.3 is 9.52 Å². The van der Waals surface area contributed by atoms with Crippen molar-refractivity contribution < 1.29 is 9.52 Å². The van der Waals surface area contributed by atoms with Gasteiger partial charge in [-0.2, -0.15) is 0 Å². The molecule has 110 valence electrons. The molecule has 0 bridgehead atoms. The van der Waals surface area contributed by atoms with E-state index in [9.17, 15) is 5.11 Å². The summed E-state index contributed by atoms with van der Waals surface area (Å²) in [7, 11) is 0. The van der Waals surface area contributed by atoms with Crippen molar-refractivity contribution in [3.63, 3.8) is 0 Å². The molecule has 2 atom stereocenters. The zero-order chi connectivity index (χ0) is 14.3. The zero-order valence-corrected chi connectivity index (χ0v) is 12.3. The lowest BCUT2D eigenvalue weighted by atomic mass is 9.72. The molecule has 21 heavy (non-hydrogen) atoms. The highest BCUT2D eigenvalue weighted by atomic mass is 16.3. The Kier molecular flexibility index (Phi) is 3.15. The largest absolute Gasteiger partial charge is 0.469 e. The molecule has 0 saturated heterocycles. The van der Waals surface area contributed by atoms with Gasteiger partial charge >= 0.3 is 0 Å². The first-order valence-corrected chi connectivity index (χ1v) is 8.13. The first-order valence-electron chi connectivity index (χ1n) is 8.13. The van der Waals surface area contributed by atoms with Gasteiger partial charge in [0, 0.05) is 12.0 Å². The number of fused-ring (bicyclic) bond motifs is 2. The Labute approximate surface area is 125 Å². The van der Waals surface area contributed by atoms with Crippen LogP contribution in [0.3, 0.4) is 0 Å². The lowest BCUT2D eigenvalue weighted by Gasteiger charge is -2.37. The van der Waals surface area contributed by atoms with Gasteiger partial charge in [-0.3, -0.25) is 0 Å². The maximum absolute atomic E-state index is 11.2. The average Bonchev–Trinajstić information content (AvgIpc) is 2.98. The molecule has 2 aliphatic rings. The van der Waals surface area contributed by atoms with E-state index in [1.54, 1.807) is 6.26 Å². The number of aliphatic hydroxyl groups is 1. The van der Waals surface area contributed by atoms with Crippen molar-refractivity contribution in [1.82, 2.24) is 0 Å². The van der Waals surface area contributed by atoms with Crippen LogP contribution in [0.2, 0.25) is 0 Å². The molecule has 2 unspecified atom stereocenters. The van der Waals surface area contributed by atoms with Gasteiger partial charge in [-0.1, -0.05) is 24.3 Å². The summed E-state index contributed by atoms with van der Waals surface area (Å²) in [5.41, 5.74) is 3.26. The predicted molar refractivity (Wildman–Crippen MR) is 82.3 cm³/mol. The van der Waals surface area contributed by atoms with E-state index in [-0.39, 0.29) is 0 Å². The minimum Gasteiger partial charge on any atom is -0.469 e. The van der Waals surface area contributed by atoms with Crippen LogP contribution in [0.15, 0.2) is 41.0 Å². The van der Waals surface area contributed by atoms with Gasteiger partial charge in [0.2, 0.25) is 0 Å². The van der Waals surface area contributed by atoms with E-state index >= 15 is 0 Å². The fourth-order valence-electron chi connectivity index (χ4n) is 4.31. The monoisotopic (exact) mass is 282 g/mol. The molecule has 0 aliphatic heterocycles. The van der Waals surface area contributed by atoms with Crippen LogP contribution in [0.5, 0.6) is 0 Å². The van der Waals surface area contributed by atoms with E-state index in [1.807, 2.05) is 6.07 Å². The molecule has 0 amide bonds. The Balaban J connectivity index is 1.66. The molecule has 2 aromatic rings. The average molecular weight is 282 g/mol. The quantitative estimate of drug-likeness (QED) is 0.890. The van der Waals surface area contributed by atoms with Crippen molar-refractivity contribution in [1.29, 1.82) is 0 Å². The Hall–Kier alpha value is -1.54. The minimum atomic E-state index is -0.699. The molecule has 2 nitrogen and oxygen atoms in total. The van der Waals surface area contributed by atoms with Crippen molar-refractivity contribution in [3.05, 3.63) is 59.0 Å². The summed E-state index contributed by atoms with van der Waals surface area (Å²) in [6.07, 6.45) is 9.01. The maximum Gasteiger partial charge on any atom is 0.109 e. The van der Waals surface area contributed by atoms with Gasteiger partial charge in [0.05, 0.1) is 11.9 Å². The number of rotatable bonds is 2. The highest BCUT2D eigenvalue weighted by Crippen LogP contribution is 2.45. The van der Waals surface area contributed by atoms with Crippen molar-refractivity contribution in [2.24, 2.45) is 0 Å². The van der Waals surface area contributed by atoms with Gasteiger partial charge in [0.25, 0.3) is 0 Å². The summed E-state index contributed by atoms with van der Waals surface area (Å²) in [4.78, 5) is 0. The third kappa shape index (κ3) is 2.22. The fraction of sp³-hybridized carbons (Fsp3) is 0.474. The Morgan fingerprint density at radius 3 is 3.00 bits per heavy atom. The van der Waals surface area contributed by atoms with E-state index in [0.717, 1.165) is 37.0 Å². The van der Waals surface area contributed by atoms with Crippen LogP contribution in [0, 0.1) is 0 Å². The Morgan fingerprint density at radius 1 is 1.14 bits per heavy atom. The molecule has 2 heteroatoms. The van der Waals surface area contributed by atoms with Gasteiger partial charge in [-0.05, 0) is 61.6 Å². The molecule has 0 fully saturated rings. The van der Waals surface area contributed by atoms with Crippen molar-refractivity contribution >= 4 is 0 Å². The number of aryl methyl sites for hydroxylation is 2. The van der Waals surface area contributed by atoms with Crippen LogP contribution < -0.4 is 0 Å².